The highest BCUT2D eigenvalue weighted by Gasteiger charge is 2.55. The Bertz CT molecular complexity index is 361. The zero-order chi connectivity index (χ0) is 14.8. The van der Waals surface area contributed by atoms with Crippen molar-refractivity contribution in [1.82, 2.24) is 4.90 Å². The van der Waals surface area contributed by atoms with E-state index in [0.717, 1.165) is 4.90 Å². The van der Waals surface area contributed by atoms with Crippen LogP contribution in [-0.4, -0.2) is 46.7 Å². The van der Waals surface area contributed by atoms with E-state index in [1.165, 1.54) is 0 Å². The summed E-state index contributed by atoms with van der Waals surface area (Å²) in [6, 6.07) is 0. The molecule has 1 unspecified atom stereocenters. The molecule has 1 fully saturated rings. The number of aliphatic carboxylic acids is 1. The van der Waals surface area contributed by atoms with Gasteiger partial charge >= 0.3 is 12.1 Å². The van der Waals surface area contributed by atoms with Gasteiger partial charge in [0.25, 0.3) is 5.91 Å². The fourth-order valence-electron chi connectivity index (χ4n) is 2.04. The van der Waals surface area contributed by atoms with Gasteiger partial charge in [0, 0.05) is 19.5 Å². The number of carboxylic acids is 1. The van der Waals surface area contributed by atoms with E-state index in [1.807, 2.05) is 0 Å². The molecule has 110 valence electrons. The number of halogens is 3. The molecule has 0 spiro atoms. The lowest BCUT2D eigenvalue weighted by Crippen LogP contribution is -2.63. The Morgan fingerprint density at radius 2 is 1.79 bits per heavy atom. The van der Waals surface area contributed by atoms with Crippen LogP contribution in [0.15, 0.2) is 0 Å². The second kappa shape index (κ2) is 5.36. The number of amides is 1. The number of alkyl halides is 3. The first kappa shape index (κ1) is 15.7. The van der Waals surface area contributed by atoms with Gasteiger partial charge in [0.05, 0.1) is 0 Å². The molecular formula is C11H17F3N2O3. The number of carbonyl (C=O) groups is 2. The standard InChI is InChI=1S/C11H17F3N2O3/c1-10(15,11(12,13)14)9(19)16-4-2-7(3-5-16)6-8(17)18/h7H,2-6,15H2,1H3,(H,17,18). The minimum absolute atomic E-state index is 0.0266. The zero-order valence-corrected chi connectivity index (χ0v) is 10.5. The topological polar surface area (TPSA) is 83.6 Å². The molecule has 0 aromatic rings. The summed E-state index contributed by atoms with van der Waals surface area (Å²) in [5, 5.41) is 8.63. The van der Waals surface area contributed by atoms with Gasteiger partial charge in [0.1, 0.15) is 0 Å². The van der Waals surface area contributed by atoms with Crippen LogP contribution in [0.1, 0.15) is 26.2 Å². The molecular weight excluding hydrogens is 265 g/mol. The molecule has 1 amide bonds. The summed E-state index contributed by atoms with van der Waals surface area (Å²) in [5.41, 5.74) is 2.18. The second-order valence-corrected chi connectivity index (χ2v) is 5.03. The number of piperidine rings is 1. The van der Waals surface area contributed by atoms with Crippen LogP contribution in [0.3, 0.4) is 0 Å². The molecule has 1 aliphatic heterocycles. The summed E-state index contributed by atoms with van der Waals surface area (Å²) in [5.74, 6) is -2.20. The summed E-state index contributed by atoms with van der Waals surface area (Å²) >= 11 is 0. The number of likely N-dealkylation sites (tertiary alicyclic amines) is 1. The van der Waals surface area contributed by atoms with Gasteiger partial charge in [-0.25, -0.2) is 0 Å². The summed E-state index contributed by atoms with van der Waals surface area (Å²) < 4.78 is 37.9. The molecule has 0 aliphatic carbocycles. The lowest BCUT2D eigenvalue weighted by Gasteiger charge is -2.37. The first-order valence-electron chi connectivity index (χ1n) is 5.92. The van der Waals surface area contributed by atoms with Crippen molar-refractivity contribution in [2.24, 2.45) is 11.7 Å². The van der Waals surface area contributed by atoms with Gasteiger partial charge in [0.2, 0.25) is 0 Å². The number of carboxylic acid groups (broad SMARTS) is 1. The van der Waals surface area contributed by atoms with Gasteiger partial charge in [-0.2, -0.15) is 13.2 Å². The average molecular weight is 282 g/mol. The highest BCUT2D eigenvalue weighted by atomic mass is 19.4. The lowest BCUT2D eigenvalue weighted by molar-refractivity contribution is -0.194. The molecule has 19 heavy (non-hydrogen) atoms. The summed E-state index contributed by atoms with van der Waals surface area (Å²) in [6.07, 6.45) is -4.07. The number of hydrogen-bond acceptors (Lipinski definition) is 3. The van der Waals surface area contributed by atoms with Crippen molar-refractivity contribution in [2.75, 3.05) is 13.1 Å². The Morgan fingerprint density at radius 1 is 1.32 bits per heavy atom. The molecule has 1 heterocycles. The third kappa shape index (κ3) is 3.59. The van der Waals surface area contributed by atoms with Crippen LogP contribution in [0.5, 0.6) is 0 Å². The van der Waals surface area contributed by atoms with Crippen LogP contribution in [0.2, 0.25) is 0 Å². The molecule has 0 saturated carbocycles. The van der Waals surface area contributed by atoms with Gasteiger partial charge in [-0.15, -0.1) is 0 Å². The SMILES string of the molecule is CC(N)(C(=O)N1CCC(CC(=O)O)CC1)C(F)(F)F. The van der Waals surface area contributed by atoms with Crippen LogP contribution in [-0.2, 0) is 9.59 Å². The minimum atomic E-state index is -4.80. The quantitative estimate of drug-likeness (QED) is 0.808. The molecule has 1 saturated heterocycles. The van der Waals surface area contributed by atoms with E-state index in [0.29, 0.717) is 19.8 Å². The monoisotopic (exact) mass is 282 g/mol. The Hall–Kier alpha value is -1.31. The van der Waals surface area contributed by atoms with E-state index in [4.69, 9.17) is 10.8 Å². The summed E-state index contributed by atoms with van der Waals surface area (Å²) in [4.78, 5) is 23.3. The first-order valence-corrected chi connectivity index (χ1v) is 5.92. The molecule has 1 atom stereocenters. The molecule has 3 N–H and O–H groups in total. The molecule has 0 bridgehead atoms. The van der Waals surface area contributed by atoms with Crippen LogP contribution >= 0.6 is 0 Å². The van der Waals surface area contributed by atoms with Gasteiger partial charge in [-0.3, -0.25) is 9.59 Å². The van der Waals surface area contributed by atoms with Gasteiger partial charge in [-0.1, -0.05) is 0 Å². The molecule has 1 rings (SSSR count). The number of hydrogen-bond donors (Lipinski definition) is 2. The number of nitrogens with zero attached hydrogens (tertiary/aromatic N) is 1. The van der Waals surface area contributed by atoms with Crippen molar-refractivity contribution in [3.8, 4) is 0 Å². The summed E-state index contributed by atoms with van der Waals surface area (Å²) in [7, 11) is 0. The van der Waals surface area contributed by atoms with Crippen LogP contribution in [0.25, 0.3) is 0 Å². The fraction of sp³-hybridized carbons (Fsp3) is 0.818. The predicted molar refractivity (Wildman–Crippen MR) is 60.2 cm³/mol. The van der Waals surface area contributed by atoms with E-state index in [-0.39, 0.29) is 25.4 Å². The van der Waals surface area contributed by atoms with Crippen molar-refractivity contribution in [3.05, 3.63) is 0 Å². The Morgan fingerprint density at radius 3 is 2.16 bits per heavy atom. The summed E-state index contributed by atoms with van der Waals surface area (Å²) in [6.45, 7) is 0.873. The van der Waals surface area contributed by atoms with Crippen molar-refractivity contribution < 1.29 is 27.9 Å². The van der Waals surface area contributed by atoms with Crippen molar-refractivity contribution in [1.29, 1.82) is 0 Å². The van der Waals surface area contributed by atoms with E-state index >= 15 is 0 Å². The third-order valence-electron chi connectivity index (χ3n) is 3.40. The number of nitrogens with two attached hydrogens (primary N) is 1. The smallest absolute Gasteiger partial charge is 0.415 e. The second-order valence-electron chi connectivity index (χ2n) is 5.03. The minimum Gasteiger partial charge on any atom is -0.481 e. The third-order valence-corrected chi connectivity index (χ3v) is 3.40. The van der Waals surface area contributed by atoms with Gasteiger partial charge in [-0.05, 0) is 25.7 Å². The van der Waals surface area contributed by atoms with Crippen molar-refractivity contribution >= 4 is 11.9 Å². The molecule has 0 aromatic carbocycles. The van der Waals surface area contributed by atoms with Crippen LogP contribution in [0.4, 0.5) is 13.2 Å². The number of carbonyl (C=O) groups excluding carboxylic acids is 1. The maximum atomic E-state index is 12.6. The molecule has 0 aromatic heterocycles. The molecule has 5 nitrogen and oxygen atoms in total. The first-order chi connectivity index (χ1) is 8.55. The Labute approximate surface area is 108 Å². The van der Waals surface area contributed by atoms with Gasteiger partial charge in [0.15, 0.2) is 5.54 Å². The Balaban J connectivity index is 2.61. The van der Waals surface area contributed by atoms with Crippen molar-refractivity contribution in [3.63, 3.8) is 0 Å². The highest BCUT2D eigenvalue weighted by molar-refractivity contribution is 5.86. The predicted octanol–water partition coefficient (Wildman–Crippen LogP) is 0.979. The van der Waals surface area contributed by atoms with E-state index in [9.17, 15) is 22.8 Å². The average Bonchev–Trinajstić information content (AvgIpc) is 2.26. The highest BCUT2D eigenvalue weighted by Crippen LogP contribution is 2.31. The maximum Gasteiger partial charge on any atom is 0.415 e. The maximum absolute atomic E-state index is 12.6. The zero-order valence-electron chi connectivity index (χ0n) is 10.5. The van der Waals surface area contributed by atoms with E-state index in [2.05, 4.69) is 0 Å². The van der Waals surface area contributed by atoms with Gasteiger partial charge < -0.3 is 15.7 Å². The molecule has 8 heteroatoms. The fourth-order valence-corrected chi connectivity index (χ4v) is 2.04. The van der Waals surface area contributed by atoms with Crippen molar-refractivity contribution in [2.45, 2.75) is 37.9 Å². The Kier molecular flexibility index (Phi) is 4.44. The van der Waals surface area contributed by atoms with Crippen LogP contribution in [0, 0.1) is 5.92 Å². The molecule has 1 aliphatic rings. The molecule has 0 radical (unpaired) electrons. The van der Waals surface area contributed by atoms with Crippen LogP contribution < -0.4 is 5.73 Å². The largest absolute Gasteiger partial charge is 0.481 e. The normalized spacial score (nSPS) is 21.0. The van der Waals surface area contributed by atoms with E-state index < -0.39 is 23.6 Å². The lowest BCUT2D eigenvalue weighted by atomic mass is 9.92. The number of rotatable bonds is 3. The van der Waals surface area contributed by atoms with E-state index in [1.54, 1.807) is 0 Å².